The maximum Gasteiger partial charge on any atom is 0.471 e. The summed E-state index contributed by atoms with van der Waals surface area (Å²) < 4.78 is 39.9. The van der Waals surface area contributed by atoms with E-state index in [4.69, 9.17) is 0 Å². The number of fused-ring (bicyclic) bond motifs is 2. The number of carbonyl (C=O) groups excluding carboxylic acids is 4. The molecule has 1 saturated carbocycles. The van der Waals surface area contributed by atoms with Crippen LogP contribution in [0.15, 0.2) is 54.6 Å². The first kappa shape index (κ1) is 33.9. The fourth-order valence-corrected chi connectivity index (χ4v) is 7.29. The molecule has 12 heteroatoms. The van der Waals surface area contributed by atoms with Crippen molar-refractivity contribution < 1.29 is 32.3 Å². The molecule has 1 saturated heterocycles. The molecule has 5 rings (SSSR count). The zero-order chi connectivity index (χ0) is 34.5. The Morgan fingerprint density at radius 1 is 1.09 bits per heavy atom. The highest BCUT2D eigenvalue weighted by Crippen LogP contribution is 2.65. The lowest BCUT2D eigenvalue weighted by Gasteiger charge is -2.40. The van der Waals surface area contributed by atoms with Crippen molar-refractivity contribution in [1.29, 1.82) is 5.26 Å². The Bertz CT molecular complexity index is 1600. The number of nitrogens with zero attached hydrogens (tertiary/aromatic N) is 3. The van der Waals surface area contributed by atoms with Crippen molar-refractivity contribution in [2.24, 2.45) is 22.7 Å². The number of benzene rings is 2. The predicted molar refractivity (Wildman–Crippen MR) is 167 cm³/mol. The van der Waals surface area contributed by atoms with E-state index in [2.05, 4.69) is 11.4 Å². The Kier molecular flexibility index (Phi) is 8.90. The van der Waals surface area contributed by atoms with Gasteiger partial charge in [0.1, 0.15) is 18.1 Å². The number of hydrogen-bond acceptors (Lipinski definition) is 5. The van der Waals surface area contributed by atoms with E-state index in [1.54, 1.807) is 45.0 Å². The summed E-state index contributed by atoms with van der Waals surface area (Å²) in [5.41, 5.74) is 0.839. The molecule has 2 fully saturated rings. The van der Waals surface area contributed by atoms with Gasteiger partial charge in [0.15, 0.2) is 0 Å². The molecule has 2 aromatic carbocycles. The first-order valence-corrected chi connectivity index (χ1v) is 15.8. The smallest absolute Gasteiger partial charge is 0.336 e. The number of para-hydroxylation sites is 1. The topological polar surface area (TPSA) is 123 Å². The SMILES string of the molecule is CC(C)(C)[C@H](NC(=O)C(F)(F)F)C(=O)N1C[C@H]2[C@H]([C@H]1C(=O)N(CCc1ccccc1)[C@H](C#N)CC1C(=O)Nc3ccccc31)C2(C)C. The van der Waals surface area contributed by atoms with Gasteiger partial charge in [-0.15, -0.1) is 0 Å². The van der Waals surface area contributed by atoms with Gasteiger partial charge >= 0.3 is 12.1 Å². The summed E-state index contributed by atoms with van der Waals surface area (Å²) >= 11 is 0. The van der Waals surface area contributed by atoms with Gasteiger partial charge in [-0.3, -0.25) is 19.2 Å². The van der Waals surface area contributed by atoms with Crippen LogP contribution < -0.4 is 10.6 Å². The normalized spacial score (nSPS) is 23.9. The van der Waals surface area contributed by atoms with Gasteiger partial charge in [-0.2, -0.15) is 18.4 Å². The minimum absolute atomic E-state index is 0.0181. The minimum Gasteiger partial charge on any atom is -0.336 e. The van der Waals surface area contributed by atoms with Crippen molar-refractivity contribution in [3.05, 3.63) is 65.7 Å². The Hall–Kier alpha value is -4.40. The average Bonchev–Trinajstić information content (AvgIpc) is 3.29. The predicted octanol–water partition coefficient (Wildman–Crippen LogP) is 4.65. The Labute approximate surface area is 272 Å². The fraction of sp³-hybridized carbons (Fsp3) is 0.514. The summed E-state index contributed by atoms with van der Waals surface area (Å²) in [6.45, 7) is 8.84. The molecular weight excluding hydrogens is 611 g/mol. The summed E-state index contributed by atoms with van der Waals surface area (Å²) in [5, 5.41) is 15.2. The van der Waals surface area contributed by atoms with Crippen LogP contribution in [0.5, 0.6) is 0 Å². The zero-order valence-corrected chi connectivity index (χ0v) is 27.1. The highest BCUT2D eigenvalue weighted by molar-refractivity contribution is 6.03. The van der Waals surface area contributed by atoms with Crippen molar-refractivity contribution in [2.75, 3.05) is 18.4 Å². The summed E-state index contributed by atoms with van der Waals surface area (Å²) in [7, 11) is 0. The standard InChI is InChI=1S/C35H40F3N5O4/c1-33(2,3)28(41-32(47)35(36,37)38)31(46)43-19-24-26(34(24,4)5)27(43)30(45)42(16-15-20-11-7-6-8-12-20)21(18-39)17-23-22-13-9-10-14-25(22)40-29(23)44/h6-14,21,23-24,26-28H,15-17,19H2,1-5H3,(H,40,44)(H,41,47)/t21-,23?,24-,26+,27-,28+/m0/s1. The highest BCUT2D eigenvalue weighted by Gasteiger charge is 2.70. The quantitative estimate of drug-likeness (QED) is 0.409. The highest BCUT2D eigenvalue weighted by atomic mass is 19.4. The number of hydrogen-bond donors (Lipinski definition) is 2. The number of nitriles is 1. The molecule has 250 valence electrons. The molecule has 0 bridgehead atoms. The first-order valence-electron chi connectivity index (χ1n) is 15.8. The third kappa shape index (κ3) is 6.58. The van der Waals surface area contributed by atoms with E-state index in [9.17, 15) is 37.6 Å². The van der Waals surface area contributed by atoms with E-state index in [0.29, 0.717) is 12.1 Å². The van der Waals surface area contributed by atoms with E-state index < -0.39 is 53.4 Å². The first-order chi connectivity index (χ1) is 22.0. The van der Waals surface area contributed by atoms with Gasteiger partial charge in [-0.05, 0) is 52.7 Å². The van der Waals surface area contributed by atoms with Crippen LogP contribution in [-0.2, 0) is 25.6 Å². The summed E-state index contributed by atoms with van der Waals surface area (Å²) in [5.74, 6) is -4.87. The van der Waals surface area contributed by atoms with Crippen molar-refractivity contribution in [3.8, 4) is 6.07 Å². The van der Waals surface area contributed by atoms with Gasteiger partial charge in [0, 0.05) is 18.8 Å². The van der Waals surface area contributed by atoms with E-state index in [0.717, 1.165) is 11.1 Å². The van der Waals surface area contributed by atoms with Crippen LogP contribution >= 0.6 is 0 Å². The van der Waals surface area contributed by atoms with Crippen LogP contribution in [0.4, 0.5) is 18.9 Å². The second-order valence-corrected chi connectivity index (χ2v) is 14.4. The van der Waals surface area contributed by atoms with Crippen LogP contribution in [0, 0.1) is 34.0 Å². The molecule has 47 heavy (non-hydrogen) atoms. The number of halogens is 3. The lowest BCUT2D eigenvalue weighted by Crippen LogP contribution is -2.61. The van der Waals surface area contributed by atoms with E-state index in [1.807, 2.05) is 49.5 Å². The van der Waals surface area contributed by atoms with Gasteiger partial charge in [0.25, 0.3) is 0 Å². The van der Waals surface area contributed by atoms with E-state index in [1.165, 1.54) is 9.80 Å². The molecule has 2 aliphatic heterocycles. The van der Waals surface area contributed by atoms with E-state index >= 15 is 0 Å². The monoisotopic (exact) mass is 651 g/mol. The molecule has 4 amide bonds. The Morgan fingerprint density at radius 3 is 2.34 bits per heavy atom. The Balaban J connectivity index is 1.49. The molecular formula is C35H40F3N5O4. The summed E-state index contributed by atoms with van der Waals surface area (Å²) in [4.78, 5) is 56.7. The van der Waals surface area contributed by atoms with Crippen molar-refractivity contribution in [1.82, 2.24) is 15.1 Å². The van der Waals surface area contributed by atoms with Gasteiger partial charge in [0.05, 0.1) is 12.0 Å². The van der Waals surface area contributed by atoms with Crippen molar-refractivity contribution >= 4 is 29.3 Å². The second kappa shape index (κ2) is 12.3. The van der Waals surface area contributed by atoms with Gasteiger partial charge in [-0.25, -0.2) is 0 Å². The molecule has 1 unspecified atom stereocenters. The number of amides is 4. The lowest BCUT2D eigenvalue weighted by molar-refractivity contribution is -0.176. The van der Waals surface area contributed by atoms with Gasteiger partial charge in [0.2, 0.25) is 17.7 Å². The van der Waals surface area contributed by atoms with Crippen LogP contribution in [0.3, 0.4) is 0 Å². The van der Waals surface area contributed by atoms with Crippen LogP contribution in [0.1, 0.15) is 58.1 Å². The second-order valence-electron chi connectivity index (χ2n) is 14.4. The number of piperidine rings is 1. The minimum atomic E-state index is -5.20. The number of nitrogens with one attached hydrogen (secondary N) is 2. The number of likely N-dealkylation sites (tertiary alicyclic amines) is 1. The molecule has 2 N–H and O–H groups in total. The van der Waals surface area contributed by atoms with Crippen molar-refractivity contribution in [3.63, 3.8) is 0 Å². The molecule has 2 heterocycles. The molecule has 3 aliphatic rings. The molecule has 9 nitrogen and oxygen atoms in total. The summed E-state index contributed by atoms with van der Waals surface area (Å²) in [6, 6.07) is 15.1. The number of anilines is 1. The van der Waals surface area contributed by atoms with Crippen LogP contribution in [-0.4, -0.2) is 70.8 Å². The number of rotatable bonds is 9. The third-order valence-corrected chi connectivity index (χ3v) is 10.1. The maximum atomic E-state index is 14.8. The van der Waals surface area contributed by atoms with Crippen molar-refractivity contribution in [2.45, 2.75) is 77.7 Å². The summed E-state index contributed by atoms with van der Waals surface area (Å²) in [6.07, 6.45) is -4.79. The molecule has 1 aliphatic carbocycles. The van der Waals surface area contributed by atoms with Gasteiger partial charge in [-0.1, -0.05) is 83.1 Å². The van der Waals surface area contributed by atoms with Gasteiger partial charge < -0.3 is 20.4 Å². The largest absolute Gasteiger partial charge is 0.471 e. The molecule has 0 aromatic heterocycles. The number of alkyl halides is 3. The molecule has 2 aromatic rings. The number of carbonyl (C=O) groups is 4. The van der Waals surface area contributed by atoms with Crippen LogP contribution in [0.25, 0.3) is 0 Å². The van der Waals surface area contributed by atoms with E-state index in [-0.39, 0.29) is 42.7 Å². The zero-order valence-electron chi connectivity index (χ0n) is 27.1. The molecule has 0 radical (unpaired) electrons. The van der Waals surface area contributed by atoms with Crippen LogP contribution in [0.2, 0.25) is 0 Å². The maximum absolute atomic E-state index is 14.8. The fourth-order valence-electron chi connectivity index (χ4n) is 7.29. The Morgan fingerprint density at radius 2 is 1.72 bits per heavy atom. The molecule has 6 atom stereocenters. The average molecular weight is 652 g/mol. The molecule has 0 spiro atoms. The lowest BCUT2D eigenvalue weighted by atomic mass is 9.85. The third-order valence-electron chi connectivity index (χ3n) is 10.1.